The minimum absolute atomic E-state index is 0. The van der Waals surface area contributed by atoms with Crippen molar-refractivity contribution in [3.63, 3.8) is 0 Å². The molecule has 0 radical (unpaired) electrons. The van der Waals surface area contributed by atoms with Crippen LogP contribution in [0.1, 0.15) is 31.2 Å². The molecule has 0 aromatic carbocycles. The molecule has 9 heteroatoms. The number of halogens is 1. The summed E-state index contributed by atoms with van der Waals surface area (Å²) in [5, 5.41) is 7.75. The fourth-order valence-corrected chi connectivity index (χ4v) is 3.93. The summed E-state index contributed by atoms with van der Waals surface area (Å²) in [5.41, 5.74) is 1.18. The number of aryl methyl sites for hydroxylation is 1. The molecule has 0 aliphatic carbocycles. The summed E-state index contributed by atoms with van der Waals surface area (Å²) < 4.78 is 1.95. The zero-order valence-electron chi connectivity index (χ0n) is 17.8. The van der Waals surface area contributed by atoms with Gasteiger partial charge in [-0.15, -0.1) is 24.0 Å². The smallest absolute Gasteiger partial charge is 0.236 e. The summed E-state index contributed by atoms with van der Waals surface area (Å²) in [4.78, 5) is 23.6. The van der Waals surface area contributed by atoms with E-state index in [1.165, 1.54) is 18.4 Å². The molecule has 2 aliphatic heterocycles. The lowest BCUT2D eigenvalue weighted by Gasteiger charge is -2.37. The van der Waals surface area contributed by atoms with E-state index in [0.29, 0.717) is 12.5 Å². The number of hydrogen-bond donors (Lipinski definition) is 1. The highest BCUT2D eigenvalue weighted by Crippen LogP contribution is 2.11. The maximum Gasteiger partial charge on any atom is 0.236 e. The second-order valence-electron chi connectivity index (χ2n) is 7.81. The van der Waals surface area contributed by atoms with Crippen molar-refractivity contribution in [1.29, 1.82) is 0 Å². The van der Waals surface area contributed by atoms with E-state index in [9.17, 15) is 4.79 Å². The van der Waals surface area contributed by atoms with Crippen molar-refractivity contribution in [2.24, 2.45) is 4.99 Å². The molecular formula is C20H36IN7O. The van der Waals surface area contributed by atoms with Gasteiger partial charge in [0.25, 0.3) is 0 Å². The van der Waals surface area contributed by atoms with Crippen molar-refractivity contribution in [1.82, 2.24) is 29.8 Å². The number of rotatable bonds is 5. The SMILES string of the molecule is CN=C(NCCn1cc(C)cn1)N1CCN(CC(=O)N2CCCCCC2)CC1.I. The Kier molecular flexibility index (Phi) is 10.2. The fraction of sp³-hybridized carbons (Fsp3) is 0.750. The topological polar surface area (TPSA) is 69.0 Å². The largest absolute Gasteiger partial charge is 0.354 e. The minimum atomic E-state index is 0. The maximum absolute atomic E-state index is 12.6. The van der Waals surface area contributed by atoms with Gasteiger partial charge >= 0.3 is 0 Å². The highest BCUT2D eigenvalue weighted by atomic mass is 127. The third-order valence-corrected chi connectivity index (χ3v) is 5.59. The molecule has 0 atom stereocenters. The van der Waals surface area contributed by atoms with E-state index in [0.717, 1.165) is 71.2 Å². The standard InChI is InChI=1S/C20H35N7O.HI/c1-18-15-23-27(16-18)10-7-22-20(21-2)26-13-11-24(12-14-26)17-19(28)25-8-5-3-4-6-9-25;/h15-16H,3-14,17H2,1-2H3,(H,21,22);1H. The third kappa shape index (κ3) is 7.44. The van der Waals surface area contributed by atoms with Crippen molar-refractivity contribution in [3.05, 3.63) is 18.0 Å². The Bertz CT molecular complexity index is 647. The maximum atomic E-state index is 12.6. The molecule has 1 N–H and O–H groups in total. The van der Waals surface area contributed by atoms with Gasteiger partial charge in [0.1, 0.15) is 0 Å². The molecule has 2 aliphatic rings. The molecule has 29 heavy (non-hydrogen) atoms. The van der Waals surface area contributed by atoms with Crippen LogP contribution in [-0.4, -0.2) is 95.8 Å². The van der Waals surface area contributed by atoms with Crippen LogP contribution >= 0.6 is 24.0 Å². The van der Waals surface area contributed by atoms with E-state index >= 15 is 0 Å². The molecular weight excluding hydrogens is 481 g/mol. The first kappa shape index (κ1) is 23.9. The molecule has 3 heterocycles. The van der Waals surface area contributed by atoms with Crippen LogP contribution in [0.15, 0.2) is 17.4 Å². The van der Waals surface area contributed by atoms with E-state index in [4.69, 9.17) is 0 Å². The molecule has 1 aromatic rings. The first-order chi connectivity index (χ1) is 13.7. The number of carbonyl (C=O) groups is 1. The van der Waals surface area contributed by atoms with Crippen LogP contribution in [0.2, 0.25) is 0 Å². The molecule has 1 aromatic heterocycles. The normalized spacial score (nSPS) is 18.9. The van der Waals surface area contributed by atoms with Gasteiger partial charge in [0.2, 0.25) is 5.91 Å². The Morgan fingerprint density at radius 3 is 2.34 bits per heavy atom. The summed E-state index contributed by atoms with van der Waals surface area (Å²) in [7, 11) is 1.83. The fourth-order valence-electron chi connectivity index (χ4n) is 3.93. The van der Waals surface area contributed by atoms with Gasteiger partial charge in [0, 0.05) is 59.1 Å². The number of hydrogen-bond acceptors (Lipinski definition) is 4. The van der Waals surface area contributed by atoms with Crippen molar-refractivity contribution in [2.45, 2.75) is 39.2 Å². The molecule has 164 valence electrons. The van der Waals surface area contributed by atoms with Gasteiger partial charge in [0.15, 0.2) is 5.96 Å². The minimum Gasteiger partial charge on any atom is -0.354 e. The number of piperazine rings is 1. The number of nitrogens with zero attached hydrogens (tertiary/aromatic N) is 6. The van der Waals surface area contributed by atoms with Gasteiger partial charge in [-0.25, -0.2) is 0 Å². The highest BCUT2D eigenvalue weighted by molar-refractivity contribution is 14.0. The Hall–Kier alpha value is -1.36. The van der Waals surface area contributed by atoms with Gasteiger partial charge in [-0.3, -0.25) is 19.4 Å². The molecule has 8 nitrogen and oxygen atoms in total. The highest BCUT2D eigenvalue weighted by Gasteiger charge is 2.23. The second kappa shape index (κ2) is 12.4. The molecule has 0 saturated carbocycles. The molecule has 2 fully saturated rings. The predicted molar refractivity (Wildman–Crippen MR) is 127 cm³/mol. The number of amides is 1. The van der Waals surface area contributed by atoms with Crippen LogP contribution in [-0.2, 0) is 11.3 Å². The zero-order valence-corrected chi connectivity index (χ0v) is 20.2. The Morgan fingerprint density at radius 2 is 1.76 bits per heavy atom. The monoisotopic (exact) mass is 517 g/mol. The van der Waals surface area contributed by atoms with Gasteiger partial charge in [0.05, 0.1) is 19.3 Å². The van der Waals surface area contributed by atoms with Gasteiger partial charge in [-0.05, 0) is 25.3 Å². The van der Waals surface area contributed by atoms with E-state index in [1.807, 2.05) is 31.0 Å². The summed E-state index contributed by atoms with van der Waals surface area (Å²) in [6.07, 6.45) is 8.74. The molecule has 1 amide bonds. The number of likely N-dealkylation sites (tertiary alicyclic amines) is 1. The first-order valence-electron chi connectivity index (χ1n) is 10.6. The second-order valence-corrected chi connectivity index (χ2v) is 7.81. The lowest BCUT2D eigenvalue weighted by atomic mass is 10.2. The number of aromatic nitrogens is 2. The number of carbonyl (C=O) groups excluding carboxylic acids is 1. The Labute approximate surface area is 191 Å². The summed E-state index contributed by atoms with van der Waals surface area (Å²) in [5.74, 6) is 1.23. The average molecular weight is 517 g/mol. The van der Waals surface area contributed by atoms with Crippen LogP contribution in [0.4, 0.5) is 0 Å². The lowest BCUT2D eigenvalue weighted by Crippen LogP contribution is -2.54. The van der Waals surface area contributed by atoms with E-state index in [-0.39, 0.29) is 24.0 Å². The quantitative estimate of drug-likeness (QED) is 0.364. The average Bonchev–Trinajstić information content (AvgIpc) is 2.94. The van der Waals surface area contributed by atoms with Crippen LogP contribution in [0.3, 0.4) is 0 Å². The van der Waals surface area contributed by atoms with Crippen LogP contribution in [0.25, 0.3) is 0 Å². The molecule has 3 rings (SSSR count). The summed E-state index contributed by atoms with van der Waals surface area (Å²) in [6.45, 7) is 9.68. The van der Waals surface area contributed by atoms with Gasteiger partial charge in [-0.2, -0.15) is 5.10 Å². The van der Waals surface area contributed by atoms with Crippen LogP contribution in [0.5, 0.6) is 0 Å². The van der Waals surface area contributed by atoms with Crippen molar-refractivity contribution in [3.8, 4) is 0 Å². The van der Waals surface area contributed by atoms with Crippen LogP contribution < -0.4 is 5.32 Å². The Morgan fingerprint density at radius 1 is 1.07 bits per heavy atom. The summed E-state index contributed by atoms with van der Waals surface area (Å²) >= 11 is 0. The molecule has 2 saturated heterocycles. The van der Waals surface area contributed by atoms with Crippen molar-refractivity contribution >= 4 is 35.8 Å². The van der Waals surface area contributed by atoms with E-state index in [1.54, 1.807) is 0 Å². The molecule has 0 unspecified atom stereocenters. The number of aliphatic imine (C=N–C) groups is 1. The van der Waals surface area contributed by atoms with E-state index < -0.39 is 0 Å². The van der Waals surface area contributed by atoms with Crippen molar-refractivity contribution in [2.75, 3.05) is 59.4 Å². The predicted octanol–water partition coefficient (Wildman–Crippen LogP) is 1.41. The Balaban J connectivity index is 0.00000300. The van der Waals surface area contributed by atoms with Crippen LogP contribution in [0, 0.1) is 6.92 Å². The van der Waals surface area contributed by atoms with Gasteiger partial charge < -0.3 is 15.1 Å². The van der Waals surface area contributed by atoms with Gasteiger partial charge in [-0.1, -0.05) is 12.8 Å². The zero-order chi connectivity index (χ0) is 19.8. The summed E-state index contributed by atoms with van der Waals surface area (Å²) in [6, 6.07) is 0. The number of guanidine groups is 1. The first-order valence-corrected chi connectivity index (χ1v) is 10.6. The molecule has 0 bridgehead atoms. The lowest BCUT2D eigenvalue weighted by molar-refractivity contribution is -0.132. The molecule has 0 spiro atoms. The number of nitrogens with one attached hydrogen (secondary N) is 1. The van der Waals surface area contributed by atoms with E-state index in [2.05, 4.69) is 30.1 Å². The van der Waals surface area contributed by atoms with Crippen molar-refractivity contribution < 1.29 is 4.79 Å². The third-order valence-electron chi connectivity index (χ3n) is 5.59.